The predicted octanol–water partition coefficient (Wildman–Crippen LogP) is -0.168. The van der Waals surface area contributed by atoms with Crippen molar-refractivity contribution in [1.29, 1.82) is 0 Å². The molecule has 5 nitrogen and oxygen atoms in total. The molecule has 12 heavy (non-hydrogen) atoms. The number of nitrogens with zero attached hydrogens (tertiary/aromatic N) is 1. The van der Waals surface area contributed by atoms with Gasteiger partial charge in [-0.25, -0.2) is 0 Å². The molecule has 64 valence electrons. The van der Waals surface area contributed by atoms with Crippen molar-refractivity contribution >= 4 is 11.7 Å². The molecule has 0 aromatic carbocycles. The average Bonchev–Trinajstić information content (AvgIpc) is 2.34. The standard InChI is InChI=1S/C7H9N3O2/c11-7(5-3-8-4-5)9-6-1-2-12-10-6/h1-2,5,8H,3-4H2,(H,9,10,11). The number of hydrogen-bond donors (Lipinski definition) is 2. The lowest BCUT2D eigenvalue weighted by Crippen LogP contribution is -2.48. The molecule has 1 amide bonds. The molecule has 1 aromatic heterocycles. The van der Waals surface area contributed by atoms with E-state index in [0.717, 1.165) is 13.1 Å². The third kappa shape index (κ3) is 1.31. The molecule has 0 unspecified atom stereocenters. The Bertz CT molecular complexity index is 266. The van der Waals surface area contributed by atoms with E-state index < -0.39 is 0 Å². The normalized spacial score (nSPS) is 17.0. The lowest BCUT2D eigenvalue weighted by Gasteiger charge is -2.25. The first-order valence-electron chi connectivity index (χ1n) is 3.78. The van der Waals surface area contributed by atoms with Gasteiger partial charge in [0, 0.05) is 19.2 Å². The maximum Gasteiger partial charge on any atom is 0.231 e. The fourth-order valence-electron chi connectivity index (χ4n) is 0.979. The first kappa shape index (κ1) is 7.30. The van der Waals surface area contributed by atoms with Gasteiger partial charge in [-0.15, -0.1) is 0 Å². The van der Waals surface area contributed by atoms with Crippen molar-refractivity contribution in [2.24, 2.45) is 5.92 Å². The molecule has 1 saturated heterocycles. The van der Waals surface area contributed by atoms with E-state index in [2.05, 4.69) is 20.3 Å². The van der Waals surface area contributed by atoms with Crippen LogP contribution in [-0.2, 0) is 4.79 Å². The maximum atomic E-state index is 11.3. The fourth-order valence-corrected chi connectivity index (χ4v) is 0.979. The van der Waals surface area contributed by atoms with Crippen LogP contribution in [0.25, 0.3) is 0 Å². The molecule has 2 heterocycles. The molecular weight excluding hydrogens is 158 g/mol. The third-order valence-corrected chi connectivity index (χ3v) is 1.84. The summed E-state index contributed by atoms with van der Waals surface area (Å²) in [6.07, 6.45) is 1.43. The Kier molecular flexibility index (Phi) is 1.79. The topological polar surface area (TPSA) is 67.2 Å². The van der Waals surface area contributed by atoms with E-state index in [9.17, 15) is 4.79 Å². The molecule has 0 saturated carbocycles. The Balaban J connectivity index is 1.90. The maximum absolute atomic E-state index is 11.3. The number of carbonyl (C=O) groups excluding carboxylic acids is 1. The number of carbonyl (C=O) groups is 1. The van der Waals surface area contributed by atoms with Gasteiger partial charge in [0.05, 0.1) is 5.92 Å². The highest BCUT2D eigenvalue weighted by atomic mass is 16.5. The summed E-state index contributed by atoms with van der Waals surface area (Å²) >= 11 is 0. The van der Waals surface area contributed by atoms with Crippen LogP contribution in [0.4, 0.5) is 5.82 Å². The van der Waals surface area contributed by atoms with Crippen LogP contribution in [0.15, 0.2) is 16.9 Å². The molecule has 0 radical (unpaired) electrons. The Morgan fingerprint density at radius 3 is 3.08 bits per heavy atom. The highest BCUT2D eigenvalue weighted by Gasteiger charge is 2.25. The molecule has 1 aromatic rings. The van der Waals surface area contributed by atoms with Crippen molar-refractivity contribution in [3.05, 3.63) is 12.3 Å². The summed E-state index contributed by atoms with van der Waals surface area (Å²) in [6.45, 7) is 1.51. The molecule has 0 atom stereocenters. The van der Waals surface area contributed by atoms with E-state index in [1.165, 1.54) is 6.26 Å². The first-order valence-corrected chi connectivity index (χ1v) is 3.78. The summed E-state index contributed by atoms with van der Waals surface area (Å²) in [4.78, 5) is 11.3. The Morgan fingerprint density at radius 2 is 2.58 bits per heavy atom. The zero-order valence-corrected chi connectivity index (χ0v) is 6.41. The van der Waals surface area contributed by atoms with Gasteiger partial charge in [-0.2, -0.15) is 0 Å². The predicted molar refractivity (Wildman–Crippen MR) is 41.5 cm³/mol. The molecule has 0 aliphatic carbocycles. The quantitative estimate of drug-likeness (QED) is 0.641. The SMILES string of the molecule is O=C(Nc1ccon1)C1CNC1. The molecule has 0 bridgehead atoms. The zero-order valence-electron chi connectivity index (χ0n) is 6.41. The Morgan fingerprint density at radius 1 is 1.75 bits per heavy atom. The van der Waals surface area contributed by atoms with Gasteiger partial charge in [-0.05, 0) is 0 Å². The van der Waals surface area contributed by atoms with Crippen LogP contribution in [0.2, 0.25) is 0 Å². The zero-order chi connectivity index (χ0) is 8.39. The van der Waals surface area contributed by atoms with E-state index in [0.29, 0.717) is 5.82 Å². The number of nitrogens with one attached hydrogen (secondary N) is 2. The van der Waals surface area contributed by atoms with Gasteiger partial charge < -0.3 is 15.2 Å². The second-order valence-electron chi connectivity index (χ2n) is 2.73. The molecule has 0 spiro atoms. The van der Waals surface area contributed by atoms with Gasteiger partial charge in [-0.3, -0.25) is 4.79 Å². The molecule has 1 aliphatic heterocycles. The number of aromatic nitrogens is 1. The summed E-state index contributed by atoms with van der Waals surface area (Å²) in [6, 6.07) is 1.62. The molecule has 2 N–H and O–H groups in total. The van der Waals surface area contributed by atoms with Crippen molar-refractivity contribution in [3.63, 3.8) is 0 Å². The van der Waals surface area contributed by atoms with E-state index in [4.69, 9.17) is 0 Å². The van der Waals surface area contributed by atoms with Gasteiger partial charge in [0.2, 0.25) is 5.91 Å². The summed E-state index contributed by atoms with van der Waals surface area (Å²) < 4.78 is 4.57. The van der Waals surface area contributed by atoms with E-state index in [-0.39, 0.29) is 11.8 Å². The van der Waals surface area contributed by atoms with Gasteiger partial charge in [0.1, 0.15) is 6.26 Å². The second-order valence-corrected chi connectivity index (χ2v) is 2.73. The first-order chi connectivity index (χ1) is 5.86. The lowest BCUT2D eigenvalue weighted by molar-refractivity contribution is -0.121. The molecule has 1 fully saturated rings. The average molecular weight is 167 g/mol. The monoisotopic (exact) mass is 167 g/mol. The van der Waals surface area contributed by atoms with Crippen LogP contribution in [0, 0.1) is 5.92 Å². The molecule has 2 rings (SSSR count). The van der Waals surface area contributed by atoms with Crippen molar-refractivity contribution < 1.29 is 9.32 Å². The highest BCUT2D eigenvalue weighted by molar-refractivity contribution is 5.92. The molecular formula is C7H9N3O2. The lowest BCUT2D eigenvalue weighted by atomic mass is 10.0. The van der Waals surface area contributed by atoms with E-state index in [1.807, 2.05) is 0 Å². The highest BCUT2D eigenvalue weighted by Crippen LogP contribution is 2.07. The van der Waals surface area contributed by atoms with Crippen LogP contribution in [-0.4, -0.2) is 24.2 Å². The summed E-state index contributed by atoms with van der Waals surface area (Å²) in [5.41, 5.74) is 0. The van der Waals surface area contributed by atoms with E-state index in [1.54, 1.807) is 6.07 Å². The minimum absolute atomic E-state index is 0.00245. The van der Waals surface area contributed by atoms with E-state index >= 15 is 0 Å². The van der Waals surface area contributed by atoms with Crippen molar-refractivity contribution in [3.8, 4) is 0 Å². The summed E-state index contributed by atoms with van der Waals surface area (Å²) in [5.74, 6) is 0.566. The summed E-state index contributed by atoms with van der Waals surface area (Å²) in [5, 5.41) is 9.23. The third-order valence-electron chi connectivity index (χ3n) is 1.84. The van der Waals surface area contributed by atoms with Gasteiger partial charge in [0.25, 0.3) is 0 Å². The minimum Gasteiger partial charge on any atom is -0.363 e. The van der Waals surface area contributed by atoms with Crippen LogP contribution < -0.4 is 10.6 Å². The van der Waals surface area contributed by atoms with Gasteiger partial charge >= 0.3 is 0 Å². The van der Waals surface area contributed by atoms with Crippen LogP contribution in [0.1, 0.15) is 0 Å². The Labute approximate surface area is 69.1 Å². The summed E-state index contributed by atoms with van der Waals surface area (Å²) in [7, 11) is 0. The number of amides is 1. The smallest absolute Gasteiger partial charge is 0.231 e. The van der Waals surface area contributed by atoms with Crippen molar-refractivity contribution in [1.82, 2.24) is 10.5 Å². The fraction of sp³-hybridized carbons (Fsp3) is 0.429. The number of hydrogen-bond acceptors (Lipinski definition) is 4. The largest absolute Gasteiger partial charge is 0.363 e. The minimum atomic E-state index is 0.00245. The second kappa shape index (κ2) is 2.94. The molecule has 5 heteroatoms. The number of anilines is 1. The molecule has 1 aliphatic rings. The van der Waals surface area contributed by atoms with Gasteiger partial charge in [-0.1, -0.05) is 5.16 Å². The van der Waals surface area contributed by atoms with Crippen molar-refractivity contribution in [2.75, 3.05) is 18.4 Å². The van der Waals surface area contributed by atoms with Crippen LogP contribution >= 0.6 is 0 Å². The van der Waals surface area contributed by atoms with Crippen LogP contribution in [0.3, 0.4) is 0 Å². The van der Waals surface area contributed by atoms with Crippen LogP contribution in [0.5, 0.6) is 0 Å². The number of rotatable bonds is 2. The Hall–Kier alpha value is -1.36. The van der Waals surface area contributed by atoms with Crippen molar-refractivity contribution in [2.45, 2.75) is 0 Å². The van der Waals surface area contributed by atoms with Gasteiger partial charge in [0.15, 0.2) is 5.82 Å².